The minimum absolute atomic E-state index is 0.121. The Balaban J connectivity index is 1.43. The predicted octanol–water partition coefficient (Wildman–Crippen LogP) is 4.58. The lowest BCUT2D eigenvalue weighted by molar-refractivity contribution is -0.115. The Labute approximate surface area is 195 Å². The SMILES string of the molecule is O=C(CN[C@H](c1ccccc1)C1CC1)Nc1cc(S(=O)(=O)N2CCCCCC2)ccc1Cl. The second kappa shape index (κ2) is 10.3. The van der Waals surface area contributed by atoms with Gasteiger partial charge in [0.25, 0.3) is 0 Å². The Morgan fingerprint density at radius 1 is 1.03 bits per heavy atom. The van der Waals surface area contributed by atoms with Crippen molar-refractivity contribution in [1.82, 2.24) is 9.62 Å². The maximum Gasteiger partial charge on any atom is 0.243 e. The molecule has 1 saturated carbocycles. The van der Waals surface area contributed by atoms with E-state index in [1.807, 2.05) is 18.2 Å². The number of carbonyl (C=O) groups excluding carboxylic acids is 1. The van der Waals surface area contributed by atoms with Gasteiger partial charge in [0.05, 0.1) is 22.2 Å². The molecule has 0 spiro atoms. The van der Waals surface area contributed by atoms with Crippen LogP contribution in [0.2, 0.25) is 5.02 Å². The molecule has 1 aliphatic carbocycles. The quantitative estimate of drug-likeness (QED) is 0.585. The number of sulfonamides is 1. The lowest BCUT2D eigenvalue weighted by atomic mass is 10.0. The zero-order chi connectivity index (χ0) is 22.6. The third kappa shape index (κ3) is 5.70. The van der Waals surface area contributed by atoms with Crippen LogP contribution in [0.25, 0.3) is 0 Å². The van der Waals surface area contributed by atoms with Gasteiger partial charge in [-0.2, -0.15) is 4.31 Å². The molecule has 1 saturated heterocycles. The molecule has 8 heteroatoms. The number of hydrogen-bond acceptors (Lipinski definition) is 4. The average molecular weight is 476 g/mol. The summed E-state index contributed by atoms with van der Waals surface area (Å²) in [4.78, 5) is 12.8. The molecule has 32 heavy (non-hydrogen) atoms. The molecule has 6 nitrogen and oxygen atoms in total. The molecule has 1 atom stereocenters. The first-order valence-electron chi connectivity index (χ1n) is 11.3. The maximum atomic E-state index is 13.1. The zero-order valence-electron chi connectivity index (χ0n) is 18.1. The van der Waals surface area contributed by atoms with Crippen molar-refractivity contribution in [2.75, 3.05) is 25.0 Å². The van der Waals surface area contributed by atoms with Gasteiger partial charge in [-0.1, -0.05) is 54.8 Å². The highest BCUT2D eigenvalue weighted by atomic mass is 35.5. The van der Waals surface area contributed by atoms with E-state index >= 15 is 0 Å². The average Bonchev–Trinajstić information content (AvgIpc) is 3.63. The molecule has 2 aromatic rings. The van der Waals surface area contributed by atoms with Gasteiger partial charge in [-0.25, -0.2) is 8.42 Å². The molecule has 1 aliphatic heterocycles. The van der Waals surface area contributed by atoms with E-state index in [2.05, 4.69) is 22.8 Å². The van der Waals surface area contributed by atoms with Crippen LogP contribution in [0.3, 0.4) is 0 Å². The summed E-state index contributed by atoms with van der Waals surface area (Å²) >= 11 is 6.28. The second-order valence-electron chi connectivity index (χ2n) is 8.61. The number of anilines is 1. The van der Waals surface area contributed by atoms with E-state index in [9.17, 15) is 13.2 Å². The number of nitrogens with zero attached hydrogens (tertiary/aromatic N) is 1. The highest BCUT2D eigenvalue weighted by Gasteiger charge is 2.32. The first-order valence-corrected chi connectivity index (χ1v) is 13.1. The van der Waals surface area contributed by atoms with E-state index in [1.54, 1.807) is 0 Å². The third-order valence-corrected chi connectivity index (χ3v) is 8.37. The summed E-state index contributed by atoms with van der Waals surface area (Å²) in [7, 11) is -3.62. The fraction of sp³-hybridized carbons (Fsp3) is 0.458. The number of halogens is 1. The third-order valence-electron chi connectivity index (χ3n) is 6.15. The van der Waals surface area contributed by atoms with E-state index < -0.39 is 10.0 Å². The minimum atomic E-state index is -3.62. The number of nitrogens with one attached hydrogen (secondary N) is 2. The number of amides is 1. The number of hydrogen-bond donors (Lipinski definition) is 2. The van der Waals surface area contributed by atoms with Gasteiger partial charge in [-0.3, -0.25) is 4.79 Å². The summed E-state index contributed by atoms with van der Waals surface area (Å²) in [5.74, 6) is 0.286. The highest BCUT2D eigenvalue weighted by Crippen LogP contribution is 2.40. The predicted molar refractivity (Wildman–Crippen MR) is 127 cm³/mol. The van der Waals surface area contributed by atoms with Gasteiger partial charge in [-0.05, 0) is 55.4 Å². The van der Waals surface area contributed by atoms with Crippen LogP contribution in [-0.2, 0) is 14.8 Å². The van der Waals surface area contributed by atoms with E-state index in [0.717, 1.165) is 38.5 Å². The van der Waals surface area contributed by atoms with Crippen LogP contribution in [0.15, 0.2) is 53.4 Å². The lowest BCUT2D eigenvalue weighted by Gasteiger charge is -2.21. The summed E-state index contributed by atoms with van der Waals surface area (Å²) in [6, 6.07) is 14.8. The fourth-order valence-electron chi connectivity index (χ4n) is 4.24. The van der Waals surface area contributed by atoms with Crippen molar-refractivity contribution in [3.05, 3.63) is 59.1 Å². The van der Waals surface area contributed by atoms with Crippen LogP contribution in [0.4, 0.5) is 5.69 Å². The van der Waals surface area contributed by atoms with Gasteiger partial charge in [0.1, 0.15) is 0 Å². The Morgan fingerprint density at radius 2 is 1.72 bits per heavy atom. The summed E-state index contributed by atoms with van der Waals surface area (Å²) in [5.41, 5.74) is 1.49. The van der Waals surface area contributed by atoms with Gasteiger partial charge in [-0.15, -0.1) is 0 Å². The van der Waals surface area contributed by atoms with Crippen molar-refractivity contribution in [2.45, 2.75) is 49.5 Å². The van der Waals surface area contributed by atoms with Crippen LogP contribution in [0, 0.1) is 5.92 Å². The Morgan fingerprint density at radius 3 is 2.38 bits per heavy atom. The van der Waals surface area contributed by atoms with E-state index in [0.29, 0.717) is 29.7 Å². The standard InChI is InChI=1S/C24H30ClN3O3S/c25-21-13-12-20(32(30,31)28-14-6-1-2-7-15-28)16-22(21)27-23(29)17-26-24(19-10-11-19)18-8-4-3-5-9-18/h3-5,8-9,12-13,16,19,24,26H,1-2,6-7,10-11,14-15,17H2,(H,27,29)/t24-/m1/s1. The molecular weight excluding hydrogens is 446 g/mol. The van der Waals surface area contributed by atoms with Gasteiger partial charge >= 0.3 is 0 Å². The first kappa shape index (κ1) is 23.2. The lowest BCUT2D eigenvalue weighted by Crippen LogP contribution is -2.33. The van der Waals surface area contributed by atoms with Crippen LogP contribution in [0.5, 0.6) is 0 Å². The van der Waals surface area contributed by atoms with Gasteiger partial charge in [0, 0.05) is 19.1 Å². The minimum Gasteiger partial charge on any atom is -0.324 e. The maximum absolute atomic E-state index is 13.1. The first-order chi connectivity index (χ1) is 15.4. The molecule has 2 aromatic carbocycles. The van der Waals surface area contributed by atoms with Crippen LogP contribution >= 0.6 is 11.6 Å². The Kier molecular flexibility index (Phi) is 7.51. The molecular formula is C24H30ClN3O3S. The molecule has 0 bridgehead atoms. The van der Waals surface area contributed by atoms with Crippen molar-refractivity contribution in [3.8, 4) is 0 Å². The molecule has 2 aliphatic rings. The van der Waals surface area contributed by atoms with Crippen LogP contribution in [-0.4, -0.2) is 38.3 Å². The van der Waals surface area contributed by atoms with Crippen molar-refractivity contribution >= 4 is 33.2 Å². The summed E-state index contributed by atoms with van der Waals surface area (Å²) in [5, 5.41) is 6.46. The Hall–Kier alpha value is -1.93. The smallest absolute Gasteiger partial charge is 0.243 e. The zero-order valence-corrected chi connectivity index (χ0v) is 19.7. The molecule has 1 amide bonds. The molecule has 0 radical (unpaired) electrons. The fourth-order valence-corrected chi connectivity index (χ4v) is 5.94. The monoisotopic (exact) mass is 475 g/mol. The van der Waals surface area contributed by atoms with E-state index in [-0.39, 0.29) is 23.4 Å². The summed E-state index contributed by atoms with van der Waals surface area (Å²) in [6.45, 7) is 1.17. The normalized spacial score (nSPS) is 18.7. The summed E-state index contributed by atoms with van der Waals surface area (Å²) < 4.78 is 27.7. The van der Waals surface area contributed by atoms with Crippen LogP contribution in [0.1, 0.15) is 50.1 Å². The number of carbonyl (C=O) groups is 1. The molecule has 0 unspecified atom stereocenters. The molecule has 1 heterocycles. The van der Waals surface area contributed by atoms with Gasteiger partial charge < -0.3 is 10.6 Å². The van der Waals surface area contributed by atoms with Crippen LogP contribution < -0.4 is 10.6 Å². The summed E-state index contributed by atoms with van der Waals surface area (Å²) in [6.07, 6.45) is 6.13. The van der Waals surface area contributed by atoms with E-state index in [1.165, 1.54) is 28.1 Å². The molecule has 2 N–H and O–H groups in total. The molecule has 2 fully saturated rings. The van der Waals surface area contributed by atoms with Crippen molar-refractivity contribution in [3.63, 3.8) is 0 Å². The topological polar surface area (TPSA) is 78.5 Å². The number of benzene rings is 2. The Bertz CT molecular complexity index is 1030. The van der Waals surface area contributed by atoms with Crippen molar-refractivity contribution in [2.24, 2.45) is 5.92 Å². The second-order valence-corrected chi connectivity index (χ2v) is 11.0. The molecule has 172 valence electrons. The van der Waals surface area contributed by atoms with Gasteiger partial charge in [0.15, 0.2) is 0 Å². The molecule has 0 aromatic heterocycles. The molecule has 4 rings (SSSR count). The largest absolute Gasteiger partial charge is 0.324 e. The number of rotatable bonds is 8. The van der Waals surface area contributed by atoms with Gasteiger partial charge in [0.2, 0.25) is 15.9 Å². The van der Waals surface area contributed by atoms with Crippen molar-refractivity contribution < 1.29 is 13.2 Å². The van der Waals surface area contributed by atoms with E-state index in [4.69, 9.17) is 11.6 Å². The van der Waals surface area contributed by atoms with Crippen molar-refractivity contribution in [1.29, 1.82) is 0 Å². The highest BCUT2D eigenvalue weighted by molar-refractivity contribution is 7.89.